The van der Waals surface area contributed by atoms with Crippen molar-refractivity contribution in [3.05, 3.63) is 215 Å². The first kappa shape index (κ1) is 38.9. The zero-order valence-electron chi connectivity index (χ0n) is 38.6. The minimum Gasteiger partial charge on any atom is -0.0622 e. The van der Waals surface area contributed by atoms with E-state index in [0.717, 1.165) is 0 Å². The van der Waals surface area contributed by atoms with Crippen LogP contribution >= 0.6 is 0 Å². The molecule has 316 valence electrons. The lowest BCUT2D eigenvalue weighted by molar-refractivity contribution is 0.214. The molecule has 0 nitrogen and oxygen atoms in total. The minimum absolute atomic E-state index is 0.0837. The molecule has 3 atom stereocenters. The predicted octanol–water partition coefficient (Wildman–Crippen LogP) is 17.6. The second kappa shape index (κ2) is 13.8. The van der Waals surface area contributed by atoms with Crippen LogP contribution in [0.5, 0.6) is 0 Å². The van der Waals surface area contributed by atoms with Gasteiger partial charge in [0.05, 0.1) is 0 Å². The third-order valence-electron chi connectivity index (χ3n) is 17.3. The molecule has 0 heterocycles. The number of rotatable bonds is 4. The zero-order chi connectivity index (χ0) is 44.0. The Morgan fingerprint density at radius 3 is 1.60 bits per heavy atom. The molecule has 13 rings (SSSR count). The van der Waals surface area contributed by atoms with Crippen LogP contribution in [0.25, 0.3) is 77.2 Å². The van der Waals surface area contributed by atoms with Crippen LogP contribution in [0.1, 0.15) is 112 Å². The second-order valence-corrected chi connectivity index (χ2v) is 21.6. The molecule has 0 radical (unpaired) electrons. The molecule has 0 saturated heterocycles. The maximum Gasteiger partial charge on any atom is 0.0159 e. The van der Waals surface area contributed by atoms with Gasteiger partial charge in [0.15, 0.2) is 0 Å². The van der Waals surface area contributed by atoms with E-state index in [1.165, 1.54) is 119 Å². The SMILES string of the molecule is CC1(C)c2cc(-c3ccccc3)ccc2-c2ccc(-c3ccc4c(C5CCC6c7ccccc7C(C)(C)C6C5)c5ccccc5c(-c5ccc6c(c5)C(C)(C)c5ccccc5-6)c4c3)cc21. The van der Waals surface area contributed by atoms with Crippen LogP contribution in [0.2, 0.25) is 0 Å². The van der Waals surface area contributed by atoms with Crippen LogP contribution < -0.4 is 0 Å². The van der Waals surface area contributed by atoms with Gasteiger partial charge in [-0.1, -0.05) is 193 Å². The lowest BCUT2D eigenvalue weighted by Gasteiger charge is -2.40. The summed E-state index contributed by atoms with van der Waals surface area (Å²) < 4.78 is 0. The number of hydrogen-bond acceptors (Lipinski definition) is 0. The number of benzene rings is 9. The maximum absolute atomic E-state index is 2.57. The standard InChI is InChI=1S/C65H56/c1-63(2)55-22-14-12-18-45(55)47-31-27-43(37-59(47)63)61-51-20-10-11-21-52(51)62(44-28-32-48-46-19-13-15-23-56(46)64(3,4)60(48)38-44)54-34-40(26-33-53(54)61)42-25-30-50-49-29-24-41(39-16-8-7-9-17-39)35-57(49)65(5,6)58(50)36-42/h7-26,28-30,32-36,38,43,47,59H,27,31,37H2,1-6H3. The average molecular weight is 837 g/mol. The molecular weight excluding hydrogens is 781 g/mol. The van der Waals surface area contributed by atoms with Gasteiger partial charge >= 0.3 is 0 Å². The van der Waals surface area contributed by atoms with Crippen LogP contribution in [-0.2, 0) is 16.2 Å². The van der Waals surface area contributed by atoms with Crippen molar-refractivity contribution in [2.24, 2.45) is 5.92 Å². The van der Waals surface area contributed by atoms with Crippen LogP contribution in [0, 0.1) is 5.92 Å². The van der Waals surface area contributed by atoms with Crippen molar-refractivity contribution in [3.63, 3.8) is 0 Å². The highest BCUT2D eigenvalue weighted by Gasteiger charge is 2.49. The van der Waals surface area contributed by atoms with E-state index in [-0.39, 0.29) is 16.2 Å². The van der Waals surface area contributed by atoms with Gasteiger partial charge in [0, 0.05) is 10.8 Å². The van der Waals surface area contributed by atoms with Gasteiger partial charge in [-0.3, -0.25) is 0 Å². The smallest absolute Gasteiger partial charge is 0.0159 e. The summed E-state index contributed by atoms with van der Waals surface area (Å²) in [5.74, 6) is 1.74. The van der Waals surface area contributed by atoms with Gasteiger partial charge in [0.1, 0.15) is 0 Å². The van der Waals surface area contributed by atoms with Gasteiger partial charge in [-0.15, -0.1) is 0 Å². The molecule has 0 heteroatoms. The third kappa shape index (κ3) is 5.50. The van der Waals surface area contributed by atoms with E-state index in [4.69, 9.17) is 0 Å². The summed E-state index contributed by atoms with van der Waals surface area (Å²) in [6.07, 6.45) is 3.67. The van der Waals surface area contributed by atoms with Crippen molar-refractivity contribution < 1.29 is 0 Å². The minimum atomic E-state index is -0.127. The van der Waals surface area contributed by atoms with Crippen LogP contribution in [-0.4, -0.2) is 0 Å². The van der Waals surface area contributed by atoms with E-state index in [1.54, 1.807) is 16.7 Å². The van der Waals surface area contributed by atoms with Gasteiger partial charge < -0.3 is 0 Å². The van der Waals surface area contributed by atoms with E-state index in [9.17, 15) is 0 Å². The second-order valence-electron chi connectivity index (χ2n) is 21.6. The van der Waals surface area contributed by atoms with Crippen molar-refractivity contribution in [2.45, 2.75) is 88.9 Å². The Balaban J connectivity index is 0.997. The van der Waals surface area contributed by atoms with E-state index in [2.05, 4.69) is 217 Å². The first-order valence-electron chi connectivity index (χ1n) is 24.2. The Morgan fingerprint density at radius 1 is 0.369 bits per heavy atom. The van der Waals surface area contributed by atoms with Gasteiger partial charge in [-0.25, -0.2) is 0 Å². The fraction of sp³-hybridized carbons (Fsp3) is 0.231. The van der Waals surface area contributed by atoms with Crippen molar-refractivity contribution >= 4 is 21.5 Å². The molecule has 9 aromatic rings. The van der Waals surface area contributed by atoms with Gasteiger partial charge in [-0.2, -0.15) is 0 Å². The monoisotopic (exact) mass is 836 g/mol. The molecule has 0 aliphatic heterocycles. The summed E-state index contributed by atoms with van der Waals surface area (Å²) in [4.78, 5) is 0. The molecule has 65 heavy (non-hydrogen) atoms. The molecule has 0 amide bonds. The van der Waals surface area contributed by atoms with Crippen LogP contribution in [0.15, 0.2) is 176 Å². The lowest BCUT2D eigenvalue weighted by Crippen LogP contribution is -2.31. The molecule has 0 bridgehead atoms. The molecule has 1 saturated carbocycles. The molecule has 0 N–H and O–H groups in total. The normalized spacial score (nSPS) is 20.2. The molecule has 1 fully saturated rings. The summed E-state index contributed by atoms with van der Waals surface area (Å²) in [6, 6.07) is 68.0. The Bertz CT molecular complexity index is 3450. The third-order valence-corrected chi connectivity index (χ3v) is 17.3. The lowest BCUT2D eigenvalue weighted by atomic mass is 9.64. The molecule has 4 aliphatic carbocycles. The molecule has 4 aliphatic rings. The van der Waals surface area contributed by atoms with E-state index in [1.807, 2.05) is 0 Å². The Hall–Kier alpha value is -6.50. The van der Waals surface area contributed by atoms with Gasteiger partial charge in [-0.05, 0) is 183 Å². The summed E-state index contributed by atoms with van der Waals surface area (Å²) in [5, 5.41) is 5.59. The summed E-state index contributed by atoms with van der Waals surface area (Å²) in [5.41, 5.74) is 23.6. The molecular formula is C65H56. The molecule has 0 spiro atoms. The topological polar surface area (TPSA) is 0 Å². The molecule has 0 aromatic heterocycles. The van der Waals surface area contributed by atoms with Crippen LogP contribution in [0.3, 0.4) is 0 Å². The Kier molecular flexibility index (Phi) is 8.24. The average Bonchev–Trinajstić information content (AvgIpc) is 3.82. The van der Waals surface area contributed by atoms with E-state index >= 15 is 0 Å². The number of fused-ring (bicyclic) bond motifs is 11. The highest BCUT2D eigenvalue weighted by Crippen LogP contribution is 2.60. The maximum atomic E-state index is 2.57. The van der Waals surface area contributed by atoms with Crippen molar-refractivity contribution in [1.82, 2.24) is 0 Å². The van der Waals surface area contributed by atoms with Crippen LogP contribution in [0.4, 0.5) is 0 Å². The predicted molar refractivity (Wildman–Crippen MR) is 275 cm³/mol. The molecule has 9 aromatic carbocycles. The van der Waals surface area contributed by atoms with Gasteiger partial charge in [0.25, 0.3) is 0 Å². The Labute approximate surface area is 385 Å². The van der Waals surface area contributed by atoms with Crippen molar-refractivity contribution in [1.29, 1.82) is 0 Å². The van der Waals surface area contributed by atoms with Gasteiger partial charge in [0.2, 0.25) is 0 Å². The summed E-state index contributed by atoms with van der Waals surface area (Å²) in [7, 11) is 0. The number of hydrogen-bond donors (Lipinski definition) is 0. The highest BCUT2D eigenvalue weighted by molar-refractivity contribution is 6.16. The first-order chi connectivity index (χ1) is 31.5. The summed E-state index contributed by atoms with van der Waals surface area (Å²) in [6.45, 7) is 14.7. The van der Waals surface area contributed by atoms with Crippen molar-refractivity contribution in [2.75, 3.05) is 0 Å². The fourth-order valence-corrected chi connectivity index (χ4v) is 13.9. The first-order valence-corrected chi connectivity index (χ1v) is 24.2. The highest BCUT2D eigenvalue weighted by atomic mass is 14.5. The van der Waals surface area contributed by atoms with Crippen molar-refractivity contribution in [3.8, 4) is 55.6 Å². The molecule has 3 unspecified atom stereocenters. The van der Waals surface area contributed by atoms with E-state index in [0.29, 0.717) is 17.8 Å². The fourth-order valence-electron chi connectivity index (χ4n) is 13.9. The summed E-state index contributed by atoms with van der Waals surface area (Å²) >= 11 is 0. The quantitative estimate of drug-likeness (QED) is 0.155. The van der Waals surface area contributed by atoms with E-state index < -0.39 is 0 Å². The zero-order valence-corrected chi connectivity index (χ0v) is 38.6. The largest absolute Gasteiger partial charge is 0.0622 e. The Morgan fingerprint density at radius 2 is 0.877 bits per heavy atom.